The largest absolute Gasteiger partial charge is 0.397 e. The van der Waals surface area contributed by atoms with Crippen molar-refractivity contribution in [3.63, 3.8) is 0 Å². The summed E-state index contributed by atoms with van der Waals surface area (Å²) in [6, 6.07) is 6.63. The molecule has 41 heavy (non-hydrogen) atoms. The van der Waals surface area contributed by atoms with E-state index in [9.17, 15) is 40.3 Å². The molecule has 3 aromatic rings. The topological polar surface area (TPSA) is 210 Å². The van der Waals surface area contributed by atoms with E-state index in [2.05, 4.69) is 33.1 Å². The lowest BCUT2D eigenvalue weighted by molar-refractivity contribution is -0.112. The summed E-state index contributed by atoms with van der Waals surface area (Å²) in [5, 5.41) is 5.31. The van der Waals surface area contributed by atoms with Crippen LogP contribution in [0.1, 0.15) is 48.5 Å². The number of ketones is 2. The molecule has 0 heterocycles. The summed E-state index contributed by atoms with van der Waals surface area (Å²) < 4.78 is 69.2. The average molecular weight is 665 g/mol. The van der Waals surface area contributed by atoms with Gasteiger partial charge in [0, 0.05) is 16.8 Å². The number of fused-ring (bicyclic) bond motifs is 2. The number of hydrogen-bond donors (Lipinski definition) is 5. The first-order valence-electron chi connectivity index (χ1n) is 11.5. The maximum Gasteiger partial charge on any atom is 0.296 e. The SMILES string of the molecule is C=C(Br)C(=O)Nc1c(C)c(Nc2cc(S(=O)(=O)O)c(N)c3c2C(=O)c2ccccc2C3=O)c(C)c(S(=O)(=O)O)c1C. The summed E-state index contributed by atoms with van der Waals surface area (Å²) in [7, 11) is -9.92. The summed E-state index contributed by atoms with van der Waals surface area (Å²) in [6.07, 6.45) is 0. The standard InChI is InChI=1S/C26H22BrN3O9S2/c1-10-21(11(2)25(41(37,38)39)12(3)22(10)30-26(33)13(4)27)29-16-9-17(40(34,35)36)20(28)19-18(16)23(31)14-7-5-6-8-15(14)24(19)32/h5-9,29H,4,28H2,1-3H3,(H,30,33)(H,34,35,36)(H,37,38,39). The molecule has 214 valence electrons. The van der Waals surface area contributed by atoms with Crippen molar-refractivity contribution in [2.45, 2.75) is 30.6 Å². The van der Waals surface area contributed by atoms with E-state index in [-0.39, 0.29) is 54.9 Å². The molecule has 12 nitrogen and oxygen atoms in total. The van der Waals surface area contributed by atoms with E-state index in [4.69, 9.17) is 5.73 Å². The van der Waals surface area contributed by atoms with E-state index in [0.717, 1.165) is 6.07 Å². The fourth-order valence-electron chi connectivity index (χ4n) is 4.88. The number of carbonyl (C=O) groups is 3. The van der Waals surface area contributed by atoms with Crippen LogP contribution in [0.15, 0.2) is 51.2 Å². The van der Waals surface area contributed by atoms with Crippen LogP contribution >= 0.6 is 15.9 Å². The summed E-state index contributed by atoms with van der Waals surface area (Å²) >= 11 is 2.94. The van der Waals surface area contributed by atoms with Crippen molar-refractivity contribution >= 4 is 76.4 Å². The molecule has 15 heteroatoms. The minimum absolute atomic E-state index is 0.00631. The number of nitrogen functional groups attached to an aromatic ring is 1. The molecular formula is C26H22BrN3O9S2. The van der Waals surface area contributed by atoms with Crippen LogP contribution in [-0.2, 0) is 25.0 Å². The van der Waals surface area contributed by atoms with Gasteiger partial charge in [0.15, 0.2) is 11.6 Å². The van der Waals surface area contributed by atoms with E-state index < -0.39 is 58.8 Å². The molecule has 0 saturated carbocycles. The molecule has 0 radical (unpaired) electrons. The Morgan fingerprint density at radius 2 is 1.39 bits per heavy atom. The van der Waals surface area contributed by atoms with Crippen molar-refractivity contribution in [1.82, 2.24) is 0 Å². The fourth-order valence-corrected chi connectivity index (χ4v) is 6.60. The lowest BCUT2D eigenvalue weighted by atomic mass is 9.82. The lowest BCUT2D eigenvalue weighted by Gasteiger charge is -2.26. The third-order valence-corrected chi connectivity index (χ3v) is 9.04. The second-order valence-corrected chi connectivity index (χ2v) is 12.9. The lowest BCUT2D eigenvalue weighted by Crippen LogP contribution is -2.25. The minimum Gasteiger partial charge on any atom is -0.397 e. The van der Waals surface area contributed by atoms with Crippen LogP contribution in [-0.4, -0.2) is 43.4 Å². The van der Waals surface area contributed by atoms with Gasteiger partial charge in [0.1, 0.15) is 9.79 Å². The normalized spacial score (nSPS) is 12.9. The Morgan fingerprint density at radius 3 is 1.88 bits per heavy atom. The first-order valence-corrected chi connectivity index (χ1v) is 15.2. The Balaban J connectivity index is 2.10. The van der Waals surface area contributed by atoms with Gasteiger partial charge in [-0.1, -0.05) is 30.8 Å². The maximum atomic E-state index is 13.6. The zero-order valence-electron chi connectivity index (χ0n) is 21.6. The first kappa shape index (κ1) is 30.1. The highest BCUT2D eigenvalue weighted by molar-refractivity contribution is 9.12. The van der Waals surface area contributed by atoms with Gasteiger partial charge in [0.05, 0.1) is 32.7 Å². The molecule has 0 aliphatic heterocycles. The highest BCUT2D eigenvalue weighted by Gasteiger charge is 2.37. The Morgan fingerprint density at radius 1 is 0.878 bits per heavy atom. The van der Waals surface area contributed by atoms with Crippen molar-refractivity contribution in [3.05, 3.63) is 80.3 Å². The van der Waals surface area contributed by atoms with Gasteiger partial charge in [0.25, 0.3) is 26.1 Å². The molecule has 3 aromatic carbocycles. The van der Waals surface area contributed by atoms with Crippen molar-refractivity contribution in [2.24, 2.45) is 0 Å². The van der Waals surface area contributed by atoms with Crippen molar-refractivity contribution in [3.8, 4) is 0 Å². The molecular weight excluding hydrogens is 642 g/mol. The number of carbonyl (C=O) groups excluding carboxylic acids is 3. The highest BCUT2D eigenvalue weighted by Crippen LogP contribution is 2.43. The number of amides is 1. The molecule has 0 spiro atoms. The van der Waals surface area contributed by atoms with Crippen molar-refractivity contribution < 1.29 is 40.3 Å². The predicted octanol–water partition coefficient (Wildman–Crippen LogP) is 4.05. The van der Waals surface area contributed by atoms with Crippen molar-refractivity contribution in [1.29, 1.82) is 0 Å². The molecule has 0 atom stereocenters. The number of nitrogens with two attached hydrogens (primary N) is 1. The smallest absolute Gasteiger partial charge is 0.296 e. The Labute approximate surface area is 243 Å². The second-order valence-electron chi connectivity index (χ2n) is 9.18. The molecule has 1 aliphatic rings. The molecule has 0 fully saturated rings. The summed E-state index contributed by atoms with van der Waals surface area (Å²) in [5.41, 5.74) is 4.24. The van der Waals surface area contributed by atoms with E-state index in [1.54, 1.807) is 0 Å². The quantitative estimate of drug-likeness (QED) is 0.113. The Bertz CT molecular complexity index is 1970. The maximum absolute atomic E-state index is 13.6. The van der Waals surface area contributed by atoms with Gasteiger partial charge in [-0.15, -0.1) is 0 Å². The van der Waals surface area contributed by atoms with Gasteiger partial charge in [0.2, 0.25) is 0 Å². The van der Waals surface area contributed by atoms with Crippen LogP contribution in [0.25, 0.3) is 0 Å². The second kappa shape index (κ2) is 10.2. The van der Waals surface area contributed by atoms with Gasteiger partial charge in [-0.2, -0.15) is 16.8 Å². The van der Waals surface area contributed by atoms with E-state index in [0.29, 0.717) is 0 Å². The highest BCUT2D eigenvalue weighted by atomic mass is 79.9. The third kappa shape index (κ3) is 5.06. The zero-order chi connectivity index (χ0) is 30.8. The number of halogens is 1. The van der Waals surface area contributed by atoms with Crippen LogP contribution in [0.5, 0.6) is 0 Å². The number of rotatable bonds is 6. The number of hydrogen-bond acceptors (Lipinski definition) is 9. The Kier molecular flexibility index (Phi) is 7.47. The molecule has 1 aliphatic carbocycles. The first-order chi connectivity index (χ1) is 18.9. The van der Waals surface area contributed by atoms with Gasteiger partial charge in [-0.25, -0.2) is 0 Å². The van der Waals surface area contributed by atoms with Crippen LogP contribution in [0.2, 0.25) is 0 Å². The van der Waals surface area contributed by atoms with E-state index in [1.165, 1.54) is 45.0 Å². The monoisotopic (exact) mass is 663 g/mol. The molecule has 4 rings (SSSR count). The van der Waals surface area contributed by atoms with Crippen LogP contribution in [0, 0.1) is 20.8 Å². The molecule has 6 N–H and O–H groups in total. The van der Waals surface area contributed by atoms with Crippen molar-refractivity contribution in [2.75, 3.05) is 16.4 Å². The Hall–Kier alpha value is -3.89. The molecule has 0 bridgehead atoms. The van der Waals surface area contributed by atoms with Gasteiger partial charge < -0.3 is 16.4 Å². The van der Waals surface area contributed by atoms with Gasteiger partial charge >= 0.3 is 0 Å². The molecule has 0 aromatic heterocycles. The fraction of sp³-hybridized carbons (Fsp3) is 0.115. The summed E-state index contributed by atoms with van der Waals surface area (Å²) in [5.74, 6) is -2.21. The molecule has 1 amide bonds. The average Bonchev–Trinajstić information content (AvgIpc) is 2.86. The van der Waals surface area contributed by atoms with Crippen LogP contribution < -0.4 is 16.4 Å². The van der Waals surface area contributed by atoms with Gasteiger partial charge in [-0.3, -0.25) is 23.5 Å². The minimum atomic E-state index is -5.03. The number of anilines is 4. The van der Waals surface area contributed by atoms with Gasteiger partial charge in [-0.05, 0) is 59.5 Å². The summed E-state index contributed by atoms with van der Waals surface area (Å²) in [6.45, 7) is 7.63. The van der Waals surface area contributed by atoms with Crippen LogP contribution in [0.3, 0.4) is 0 Å². The molecule has 0 unspecified atom stereocenters. The predicted molar refractivity (Wildman–Crippen MR) is 154 cm³/mol. The zero-order valence-corrected chi connectivity index (χ0v) is 24.8. The van der Waals surface area contributed by atoms with E-state index >= 15 is 0 Å². The molecule has 0 saturated heterocycles. The number of benzene rings is 3. The number of nitrogens with one attached hydrogen (secondary N) is 2. The third-order valence-electron chi connectivity index (χ3n) is 6.66. The summed E-state index contributed by atoms with van der Waals surface area (Å²) in [4.78, 5) is 38.1. The van der Waals surface area contributed by atoms with Crippen LogP contribution in [0.4, 0.5) is 22.7 Å². The van der Waals surface area contributed by atoms with E-state index in [1.807, 2.05) is 0 Å².